The predicted molar refractivity (Wildman–Crippen MR) is 118 cm³/mol. The molecule has 0 saturated carbocycles. The Bertz CT molecular complexity index is 898. The van der Waals surface area contributed by atoms with Gasteiger partial charge in [-0.15, -0.1) is 0 Å². The van der Waals surface area contributed by atoms with Crippen LogP contribution in [0, 0.1) is 5.82 Å². The molecule has 4 rings (SSSR count). The fraction of sp³-hybridized carbons (Fsp3) is 0.231. The van der Waals surface area contributed by atoms with Crippen molar-refractivity contribution < 1.29 is 4.39 Å². The van der Waals surface area contributed by atoms with Crippen molar-refractivity contribution in [2.75, 3.05) is 32.7 Å². The summed E-state index contributed by atoms with van der Waals surface area (Å²) in [6.07, 6.45) is 4.44. The minimum Gasteiger partial charge on any atom is -0.297 e. The van der Waals surface area contributed by atoms with E-state index < -0.39 is 0 Å². The van der Waals surface area contributed by atoms with Gasteiger partial charge in [-0.2, -0.15) is 0 Å². The van der Waals surface area contributed by atoms with E-state index in [4.69, 9.17) is 0 Å². The largest absolute Gasteiger partial charge is 0.297 e. The first-order chi connectivity index (χ1) is 14.3. The standard InChI is InChI=1S/C26H27FN2/c27-25-15-13-24(14-16-25)26(23-11-5-2-6-12-23)29-20-18-28(19-21-29)17-7-10-22-8-3-1-4-9-22/h1-16,26H,17-21H2/i27-1. The van der Waals surface area contributed by atoms with Gasteiger partial charge in [-0.25, -0.2) is 4.39 Å². The van der Waals surface area contributed by atoms with Crippen LogP contribution in [0.5, 0.6) is 0 Å². The Hall–Kier alpha value is -2.75. The van der Waals surface area contributed by atoms with Gasteiger partial charge in [0.1, 0.15) is 5.82 Å². The van der Waals surface area contributed by atoms with E-state index in [0.29, 0.717) is 0 Å². The van der Waals surface area contributed by atoms with Gasteiger partial charge in [0.25, 0.3) is 0 Å². The zero-order chi connectivity index (χ0) is 19.9. The van der Waals surface area contributed by atoms with E-state index in [1.54, 1.807) is 12.1 Å². The predicted octanol–water partition coefficient (Wildman–Crippen LogP) is 5.25. The lowest BCUT2D eigenvalue weighted by molar-refractivity contribution is 0.118. The molecular formula is C26H27FN2. The third-order valence-corrected chi connectivity index (χ3v) is 5.55. The number of halogens is 1. The van der Waals surface area contributed by atoms with Crippen LogP contribution < -0.4 is 0 Å². The summed E-state index contributed by atoms with van der Waals surface area (Å²) in [6.45, 7) is 5.02. The monoisotopic (exact) mass is 385 g/mol. The quantitative estimate of drug-likeness (QED) is 0.572. The van der Waals surface area contributed by atoms with Crippen molar-refractivity contribution in [1.82, 2.24) is 9.80 Å². The minimum absolute atomic E-state index is 0.166. The Balaban J connectivity index is 1.41. The summed E-state index contributed by atoms with van der Waals surface area (Å²) < 4.78 is 13.5. The molecule has 1 saturated heterocycles. The minimum atomic E-state index is -0.185. The Labute approximate surface area is 172 Å². The second-order valence-corrected chi connectivity index (χ2v) is 7.51. The van der Waals surface area contributed by atoms with Gasteiger partial charge >= 0.3 is 0 Å². The smallest absolute Gasteiger partial charge is 0.123 e. The van der Waals surface area contributed by atoms with Gasteiger partial charge in [0.2, 0.25) is 0 Å². The van der Waals surface area contributed by atoms with Crippen LogP contribution in [0.3, 0.4) is 0 Å². The molecule has 1 aliphatic heterocycles. The van der Waals surface area contributed by atoms with Crippen LogP contribution in [0.1, 0.15) is 22.7 Å². The van der Waals surface area contributed by atoms with Gasteiger partial charge in [0.05, 0.1) is 6.04 Å². The summed E-state index contributed by atoms with van der Waals surface area (Å²) >= 11 is 0. The molecule has 3 heteroatoms. The maximum atomic E-state index is 13.5. The Morgan fingerprint density at radius 2 is 1.31 bits per heavy atom. The van der Waals surface area contributed by atoms with E-state index in [9.17, 15) is 4.39 Å². The number of rotatable bonds is 6. The van der Waals surface area contributed by atoms with Crippen LogP contribution in [-0.2, 0) is 0 Å². The molecule has 0 radical (unpaired) electrons. The zero-order valence-corrected chi connectivity index (χ0v) is 16.6. The van der Waals surface area contributed by atoms with Crippen molar-refractivity contribution in [2.24, 2.45) is 0 Å². The van der Waals surface area contributed by atoms with E-state index in [1.807, 2.05) is 24.3 Å². The molecule has 1 heterocycles. The summed E-state index contributed by atoms with van der Waals surface area (Å²) in [4.78, 5) is 5.00. The number of piperazine rings is 1. The molecule has 3 aromatic rings. The zero-order valence-electron chi connectivity index (χ0n) is 16.6. The van der Waals surface area contributed by atoms with Crippen LogP contribution in [-0.4, -0.2) is 42.5 Å². The maximum Gasteiger partial charge on any atom is 0.123 e. The van der Waals surface area contributed by atoms with E-state index in [0.717, 1.165) is 38.3 Å². The first kappa shape index (κ1) is 19.6. The van der Waals surface area contributed by atoms with E-state index in [-0.39, 0.29) is 11.9 Å². The molecule has 0 aromatic heterocycles. The molecule has 0 N–H and O–H groups in total. The van der Waals surface area contributed by atoms with Gasteiger partial charge in [-0.3, -0.25) is 9.80 Å². The fourth-order valence-electron chi connectivity index (χ4n) is 4.00. The summed E-state index contributed by atoms with van der Waals surface area (Å²) in [7, 11) is 0. The second-order valence-electron chi connectivity index (χ2n) is 7.51. The molecule has 1 fully saturated rings. The molecule has 0 aliphatic carbocycles. The van der Waals surface area contributed by atoms with Crippen molar-refractivity contribution in [1.29, 1.82) is 0 Å². The lowest BCUT2D eigenvalue weighted by Crippen LogP contribution is -2.47. The van der Waals surface area contributed by atoms with E-state index in [1.165, 1.54) is 11.1 Å². The fourth-order valence-corrected chi connectivity index (χ4v) is 4.00. The molecular weight excluding hydrogens is 358 g/mol. The van der Waals surface area contributed by atoms with Crippen molar-refractivity contribution in [2.45, 2.75) is 6.04 Å². The van der Waals surface area contributed by atoms with Gasteiger partial charge in [0, 0.05) is 32.7 Å². The molecule has 1 aliphatic rings. The molecule has 1 unspecified atom stereocenters. The first-order valence-electron chi connectivity index (χ1n) is 10.3. The normalized spacial score (nSPS) is 16.9. The van der Waals surface area contributed by atoms with Crippen molar-refractivity contribution in [3.05, 3.63) is 114 Å². The van der Waals surface area contributed by atoms with E-state index in [2.05, 4.69) is 70.5 Å². The number of hydrogen-bond acceptors (Lipinski definition) is 2. The molecule has 1 atom stereocenters. The number of hydrogen-bond donors (Lipinski definition) is 0. The Morgan fingerprint density at radius 3 is 1.97 bits per heavy atom. The molecule has 0 amide bonds. The molecule has 0 spiro atoms. The van der Waals surface area contributed by atoms with Crippen LogP contribution in [0.25, 0.3) is 6.08 Å². The Kier molecular flexibility index (Phi) is 6.50. The highest BCUT2D eigenvalue weighted by atomic mass is 18.2. The molecule has 148 valence electrons. The van der Waals surface area contributed by atoms with E-state index >= 15 is 0 Å². The highest BCUT2D eigenvalue weighted by molar-refractivity contribution is 5.48. The van der Waals surface area contributed by atoms with Crippen LogP contribution >= 0.6 is 0 Å². The highest BCUT2D eigenvalue weighted by Crippen LogP contribution is 2.29. The lowest BCUT2D eigenvalue weighted by Gasteiger charge is -2.39. The van der Waals surface area contributed by atoms with Gasteiger partial charge < -0.3 is 0 Å². The van der Waals surface area contributed by atoms with Crippen molar-refractivity contribution in [3.8, 4) is 0 Å². The highest BCUT2D eigenvalue weighted by Gasteiger charge is 2.26. The molecule has 2 nitrogen and oxygen atoms in total. The molecule has 29 heavy (non-hydrogen) atoms. The average molecular weight is 386 g/mol. The van der Waals surface area contributed by atoms with Crippen LogP contribution in [0.15, 0.2) is 91.0 Å². The second kappa shape index (κ2) is 9.64. The number of nitrogens with zero attached hydrogens (tertiary/aromatic N) is 2. The SMILES string of the molecule is [18F]c1ccc(C(c2ccccc2)N2CCN(CC=Cc3ccccc3)CC2)cc1. The summed E-state index contributed by atoms with van der Waals surface area (Å²) in [5.74, 6) is -0.185. The lowest BCUT2D eigenvalue weighted by atomic mass is 9.96. The molecule has 3 aromatic carbocycles. The summed E-state index contributed by atoms with van der Waals surface area (Å²) in [6, 6.07) is 28.1. The van der Waals surface area contributed by atoms with Gasteiger partial charge in [-0.05, 0) is 28.8 Å². The summed E-state index contributed by atoms with van der Waals surface area (Å²) in [5.41, 5.74) is 3.65. The Morgan fingerprint density at radius 1 is 0.724 bits per heavy atom. The van der Waals surface area contributed by atoms with Gasteiger partial charge in [0.15, 0.2) is 0 Å². The first-order valence-corrected chi connectivity index (χ1v) is 10.3. The molecule has 0 bridgehead atoms. The summed E-state index contributed by atoms with van der Waals surface area (Å²) in [5, 5.41) is 0. The van der Waals surface area contributed by atoms with Crippen LogP contribution in [0.2, 0.25) is 0 Å². The number of benzene rings is 3. The van der Waals surface area contributed by atoms with Crippen molar-refractivity contribution in [3.63, 3.8) is 0 Å². The van der Waals surface area contributed by atoms with Crippen LogP contribution in [0.4, 0.5) is 4.39 Å². The average Bonchev–Trinajstić information content (AvgIpc) is 2.78. The van der Waals surface area contributed by atoms with Gasteiger partial charge in [-0.1, -0.05) is 84.9 Å². The third kappa shape index (κ3) is 5.20. The third-order valence-electron chi connectivity index (χ3n) is 5.55. The van der Waals surface area contributed by atoms with Crippen molar-refractivity contribution >= 4 is 6.08 Å². The maximum absolute atomic E-state index is 13.5. The topological polar surface area (TPSA) is 6.48 Å².